The van der Waals surface area contributed by atoms with Crippen molar-refractivity contribution >= 4 is 53.9 Å². The lowest BCUT2D eigenvalue weighted by atomic mass is 10.0. The van der Waals surface area contributed by atoms with Gasteiger partial charge in [0.15, 0.2) is 0 Å². The van der Waals surface area contributed by atoms with Gasteiger partial charge in [-0.15, -0.1) is 0 Å². The Bertz CT molecular complexity index is 1960. The molecule has 0 spiro atoms. The molecular weight excluding hydrogens is 841 g/mol. The highest BCUT2D eigenvalue weighted by atomic mass is 14.0. The summed E-state index contributed by atoms with van der Waals surface area (Å²) in [6, 6.07) is 71.5. The molecule has 0 aliphatic heterocycles. The summed E-state index contributed by atoms with van der Waals surface area (Å²) in [5, 5.41) is 13.2. The van der Waals surface area contributed by atoms with E-state index in [4.69, 9.17) is 0 Å². The maximum absolute atomic E-state index is 2.24. The molecule has 0 atom stereocenters. The topological polar surface area (TPSA) is 0 Å². The van der Waals surface area contributed by atoms with E-state index in [9.17, 15) is 0 Å². The highest BCUT2D eigenvalue weighted by Crippen LogP contribution is 2.25. The van der Waals surface area contributed by atoms with Crippen LogP contribution in [0.3, 0.4) is 0 Å². The Balaban J connectivity index is -0.000000107. The Morgan fingerprint density at radius 2 is 0.271 bits per heavy atom. The van der Waals surface area contributed by atoms with Gasteiger partial charge in [0.2, 0.25) is 0 Å². The van der Waals surface area contributed by atoms with Gasteiger partial charge in [-0.1, -0.05) is 374 Å². The zero-order chi connectivity index (χ0) is 55.8. The van der Waals surface area contributed by atoms with Crippen molar-refractivity contribution in [1.29, 1.82) is 0 Å². The van der Waals surface area contributed by atoms with Crippen molar-refractivity contribution in [2.24, 2.45) is 0 Å². The molecule has 0 heteroatoms. The zero-order valence-electron chi connectivity index (χ0n) is 50.6. The molecule has 0 N–H and O–H groups in total. The third-order valence-corrected chi connectivity index (χ3v) is 7.59. The van der Waals surface area contributed by atoms with Gasteiger partial charge >= 0.3 is 0 Å². The van der Waals surface area contributed by atoms with Gasteiger partial charge in [0.25, 0.3) is 0 Å². The third kappa shape index (κ3) is 37.2. The van der Waals surface area contributed by atoms with E-state index in [1.165, 1.54) is 53.9 Å². The summed E-state index contributed by atoms with van der Waals surface area (Å²) < 4.78 is 0. The molecule has 0 saturated carbocycles. The molecule has 0 nitrogen and oxygen atoms in total. The quantitative estimate of drug-likeness (QED) is 0.105. The predicted octanol–water partition coefficient (Wildman–Crippen LogP) is 25.9. The van der Waals surface area contributed by atoms with Crippen LogP contribution in [0.5, 0.6) is 0 Å². The molecule has 0 aliphatic rings. The highest BCUT2D eigenvalue weighted by molar-refractivity contribution is 6.07. The van der Waals surface area contributed by atoms with Gasteiger partial charge in [-0.25, -0.2) is 0 Å². The lowest BCUT2D eigenvalue weighted by Crippen LogP contribution is -1.75. The zero-order valence-corrected chi connectivity index (χ0v) is 50.6. The minimum atomic E-state index is 1.31. The van der Waals surface area contributed by atoms with Crippen LogP contribution in [0.25, 0.3) is 53.9 Å². The van der Waals surface area contributed by atoms with Gasteiger partial charge in [-0.05, 0) is 66.0 Å². The minimum Gasteiger partial charge on any atom is -0.0683 e. The summed E-state index contributed by atoms with van der Waals surface area (Å²) in [4.78, 5) is 0. The molecule has 9 rings (SSSR count). The van der Waals surface area contributed by atoms with E-state index in [1.54, 1.807) is 0 Å². The largest absolute Gasteiger partial charge is 0.0683 e. The number of fused-ring (bicyclic) bond motifs is 6. The SMILES string of the molecule is CC.CC.CC.CC.CC.CC.CC.CC.CC.CC.CC.CC.CC.c1ccc2c(c1)ccc1ccccc12.c1ccc2cc3ccccc3cc2c1.c1ccc2ccccc2c1.c1ccccc1. The lowest BCUT2D eigenvalue weighted by molar-refractivity contribution is 1.50. The fourth-order valence-corrected chi connectivity index (χ4v) is 5.36. The van der Waals surface area contributed by atoms with E-state index in [0.717, 1.165) is 0 Å². The summed E-state index contributed by atoms with van der Waals surface area (Å²) >= 11 is 0. The average molecular weight is 954 g/mol. The van der Waals surface area contributed by atoms with Crippen molar-refractivity contribution in [3.63, 3.8) is 0 Å². The maximum Gasteiger partial charge on any atom is -0.0105 e. The normalized spacial score (nSPS) is 7.57. The van der Waals surface area contributed by atoms with E-state index < -0.39 is 0 Å². The molecule has 0 aromatic heterocycles. The second-order valence-corrected chi connectivity index (χ2v) is 10.6. The number of benzene rings is 9. The second-order valence-electron chi connectivity index (χ2n) is 10.6. The van der Waals surface area contributed by atoms with E-state index in [-0.39, 0.29) is 0 Å². The molecule has 0 bridgehead atoms. The number of rotatable bonds is 0. The van der Waals surface area contributed by atoms with Gasteiger partial charge in [-0.2, -0.15) is 0 Å². The summed E-state index contributed by atoms with van der Waals surface area (Å²) in [6.45, 7) is 52.0. The Labute approximate surface area is 438 Å². The van der Waals surface area contributed by atoms with Crippen LogP contribution in [0.4, 0.5) is 0 Å². The summed E-state index contributed by atoms with van der Waals surface area (Å²) in [5.41, 5.74) is 0. The van der Waals surface area contributed by atoms with Gasteiger partial charge in [0.1, 0.15) is 0 Å². The molecule has 0 heterocycles. The molecule has 0 amide bonds. The number of hydrogen-bond acceptors (Lipinski definition) is 0. The first-order valence-corrected chi connectivity index (χ1v) is 28.0. The van der Waals surface area contributed by atoms with E-state index in [2.05, 4.69) is 170 Å². The van der Waals surface area contributed by atoms with Crippen LogP contribution in [0.1, 0.15) is 180 Å². The Kier molecular flexibility index (Phi) is 83.9. The summed E-state index contributed by atoms with van der Waals surface area (Å²) in [6.07, 6.45) is 0. The van der Waals surface area contributed by atoms with Crippen LogP contribution in [-0.4, -0.2) is 0 Å². The van der Waals surface area contributed by atoms with Crippen LogP contribution >= 0.6 is 0 Å². The van der Waals surface area contributed by atoms with Crippen LogP contribution < -0.4 is 0 Å². The average Bonchev–Trinajstić information content (AvgIpc) is 3.52. The van der Waals surface area contributed by atoms with Gasteiger partial charge in [0.05, 0.1) is 0 Å². The van der Waals surface area contributed by atoms with Crippen molar-refractivity contribution < 1.29 is 0 Å². The highest BCUT2D eigenvalue weighted by Gasteiger charge is 1.97. The molecule has 0 unspecified atom stereocenters. The van der Waals surface area contributed by atoms with Crippen LogP contribution in [0, 0.1) is 0 Å². The first-order chi connectivity index (χ1) is 34.8. The van der Waals surface area contributed by atoms with Crippen molar-refractivity contribution in [1.82, 2.24) is 0 Å². The molecule has 392 valence electrons. The first-order valence-electron chi connectivity index (χ1n) is 28.0. The van der Waals surface area contributed by atoms with E-state index in [0.29, 0.717) is 0 Å². The molecule has 70 heavy (non-hydrogen) atoms. The van der Waals surface area contributed by atoms with Crippen molar-refractivity contribution in [3.05, 3.63) is 206 Å². The fraction of sp³-hybridized carbons (Fsp3) is 0.371. The first kappa shape index (κ1) is 81.3. The van der Waals surface area contributed by atoms with Crippen molar-refractivity contribution in [2.45, 2.75) is 180 Å². The third-order valence-electron chi connectivity index (χ3n) is 7.59. The lowest BCUT2D eigenvalue weighted by Gasteiger charge is -2.02. The molecule has 9 aromatic rings. The summed E-state index contributed by atoms with van der Waals surface area (Å²) in [5.74, 6) is 0. The standard InChI is InChI=1S/2C14H10.C10H8.C6H6.13C2H6/c1-3-7-13-11(5-1)9-10-12-6-2-4-8-14(12)13;1-2-6-12-10-14-8-4-3-7-13(14)9-11(12)5-1;1-2-6-10-8-4-3-7-9(10)5-1;1-2-4-6-5-3-1;13*1-2/h2*1-10H;1-8H;1-6H;13*1-2H3. The molecule has 0 saturated heterocycles. The maximum atomic E-state index is 2.24. The fourth-order valence-electron chi connectivity index (χ4n) is 5.36. The number of hydrogen-bond donors (Lipinski definition) is 0. The van der Waals surface area contributed by atoms with Crippen LogP contribution in [0.2, 0.25) is 0 Å². The molecule has 0 aliphatic carbocycles. The summed E-state index contributed by atoms with van der Waals surface area (Å²) in [7, 11) is 0. The van der Waals surface area contributed by atoms with Gasteiger partial charge in [-0.3, -0.25) is 0 Å². The molecular formula is C70H112. The van der Waals surface area contributed by atoms with E-state index in [1.807, 2.05) is 216 Å². The van der Waals surface area contributed by atoms with Crippen molar-refractivity contribution in [3.8, 4) is 0 Å². The van der Waals surface area contributed by atoms with Crippen LogP contribution in [-0.2, 0) is 0 Å². The predicted molar refractivity (Wildman–Crippen MR) is 341 cm³/mol. The molecule has 0 radical (unpaired) electrons. The minimum absolute atomic E-state index is 1.31. The monoisotopic (exact) mass is 953 g/mol. The Hall–Kier alpha value is -5.72. The Morgan fingerprint density at radius 3 is 0.457 bits per heavy atom. The Morgan fingerprint density at radius 1 is 0.129 bits per heavy atom. The molecule has 0 fully saturated rings. The van der Waals surface area contributed by atoms with Crippen LogP contribution in [0.15, 0.2) is 206 Å². The van der Waals surface area contributed by atoms with Gasteiger partial charge < -0.3 is 0 Å². The smallest absolute Gasteiger partial charge is 0.0105 e. The van der Waals surface area contributed by atoms with E-state index >= 15 is 0 Å². The molecule has 9 aromatic carbocycles. The second kappa shape index (κ2) is 72.3. The van der Waals surface area contributed by atoms with Gasteiger partial charge in [0, 0.05) is 0 Å². The van der Waals surface area contributed by atoms with Crippen molar-refractivity contribution in [2.75, 3.05) is 0 Å².